The van der Waals surface area contributed by atoms with Crippen molar-refractivity contribution in [1.29, 1.82) is 0 Å². The molecule has 0 aliphatic rings. The van der Waals surface area contributed by atoms with Gasteiger partial charge in [-0.3, -0.25) is 0 Å². The van der Waals surface area contributed by atoms with E-state index in [9.17, 15) is 5.11 Å². The van der Waals surface area contributed by atoms with Gasteiger partial charge in [0, 0.05) is 24.3 Å². The number of nitrogens with zero attached hydrogens (tertiary/aromatic N) is 4. The Morgan fingerprint density at radius 1 is 1.07 bits per heavy atom. The monoisotopic (exact) mass is 430 g/mol. The lowest BCUT2D eigenvalue weighted by atomic mass is 10.2. The molecule has 27 heavy (non-hydrogen) atoms. The Morgan fingerprint density at radius 3 is 2.44 bits per heavy atom. The van der Waals surface area contributed by atoms with Crippen LogP contribution in [0.3, 0.4) is 0 Å². The predicted octanol–water partition coefficient (Wildman–Crippen LogP) is 3.75. The Kier molecular flexibility index (Phi) is 6.15. The van der Waals surface area contributed by atoms with Crippen LogP contribution in [0.5, 0.6) is 11.8 Å². The van der Waals surface area contributed by atoms with Gasteiger partial charge in [0.05, 0.1) is 16.6 Å². The summed E-state index contributed by atoms with van der Waals surface area (Å²) in [6, 6.07) is 9.14. The number of aromatic nitrogens is 4. The lowest BCUT2D eigenvalue weighted by Crippen LogP contribution is -2.28. The van der Waals surface area contributed by atoms with E-state index in [0.717, 1.165) is 5.69 Å². The minimum Gasteiger partial charge on any atom is -0.424 e. The number of rotatable bonds is 7. The quantitative estimate of drug-likeness (QED) is 0.520. The first-order valence-electron chi connectivity index (χ1n) is 8.30. The number of aliphatic hydroxyl groups is 1. The summed E-state index contributed by atoms with van der Waals surface area (Å²) in [5.41, 5.74) is 0.799. The smallest absolute Gasteiger partial charge is 0.321 e. The molecule has 9 heteroatoms. The number of aliphatic hydroxyl groups excluding tert-OH is 1. The van der Waals surface area contributed by atoms with E-state index in [-0.39, 0.29) is 12.1 Å². The number of hydrogen-bond acceptors (Lipinski definition) is 8. The maximum atomic E-state index is 9.65. The van der Waals surface area contributed by atoms with E-state index in [1.807, 2.05) is 19.1 Å². The molecule has 0 saturated heterocycles. The van der Waals surface area contributed by atoms with Crippen LogP contribution >= 0.6 is 15.9 Å². The van der Waals surface area contributed by atoms with Crippen molar-refractivity contribution in [3.63, 3.8) is 0 Å². The lowest BCUT2D eigenvalue weighted by molar-refractivity contribution is 0.177. The van der Waals surface area contributed by atoms with Crippen molar-refractivity contribution in [3.05, 3.63) is 53.4 Å². The van der Waals surface area contributed by atoms with Gasteiger partial charge in [-0.2, -0.15) is 4.98 Å². The fourth-order valence-electron chi connectivity index (χ4n) is 2.04. The molecule has 3 rings (SSSR count). The molecule has 3 aromatic rings. The van der Waals surface area contributed by atoms with Crippen molar-refractivity contribution < 1.29 is 9.84 Å². The van der Waals surface area contributed by atoms with Crippen molar-refractivity contribution in [2.75, 3.05) is 10.6 Å². The third kappa shape index (κ3) is 5.35. The lowest BCUT2D eigenvalue weighted by Gasteiger charge is -2.18. The predicted molar refractivity (Wildman–Crippen MR) is 106 cm³/mol. The highest BCUT2D eigenvalue weighted by molar-refractivity contribution is 9.10. The molecule has 1 aromatic carbocycles. The van der Waals surface area contributed by atoms with Crippen LogP contribution in [0.4, 0.5) is 17.5 Å². The van der Waals surface area contributed by atoms with E-state index in [1.165, 1.54) is 0 Å². The minimum absolute atomic E-state index is 0.152. The molecule has 2 heterocycles. The number of halogens is 1. The molecule has 2 atom stereocenters. The van der Waals surface area contributed by atoms with Gasteiger partial charge in [-0.05, 0) is 60.1 Å². The summed E-state index contributed by atoms with van der Waals surface area (Å²) in [6.07, 6.45) is 4.38. The number of nitrogens with one attached hydrogen (secondary N) is 2. The molecule has 0 bridgehead atoms. The Bertz CT molecular complexity index is 877. The van der Waals surface area contributed by atoms with E-state index in [4.69, 9.17) is 4.74 Å². The summed E-state index contributed by atoms with van der Waals surface area (Å²) in [6.45, 7) is 3.59. The normalized spacial score (nSPS) is 12.9. The van der Waals surface area contributed by atoms with Gasteiger partial charge < -0.3 is 20.5 Å². The second-order valence-corrected chi connectivity index (χ2v) is 6.70. The molecule has 0 fully saturated rings. The fourth-order valence-corrected chi connectivity index (χ4v) is 2.35. The number of anilines is 3. The molecule has 0 unspecified atom stereocenters. The van der Waals surface area contributed by atoms with Crippen LogP contribution in [0.1, 0.15) is 13.8 Å². The maximum Gasteiger partial charge on any atom is 0.321 e. The molecule has 0 aliphatic heterocycles. The Morgan fingerprint density at radius 2 is 1.78 bits per heavy atom. The maximum absolute atomic E-state index is 9.65. The zero-order valence-corrected chi connectivity index (χ0v) is 16.4. The molecular formula is C18H19BrN6O2. The topological polar surface area (TPSA) is 105 Å². The second kappa shape index (κ2) is 8.74. The highest BCUT2D eigenvalue weighted by atomic mass is 79.9. The molecular weight excluding hydrogens is 412 g/mol. The van der Waals surface area contributed by atoms with Crippen LogP contribution in [-0.2, 0) is 0 Å². The Balaban J connectivity index is 1.68. The van der Waals surface area contributed by atoms with Crippen LogP contribution in [0.2, 0.25) is 0 Å². The standard InChI is InChI=1S/C18H19BrN6O2/c1-11(12(2)26)23-16-15(19)10-22-17(25-16)24-13-4-6-14(7-5-13)27-18-20-8-3-9-21-18/h3-12,26H,1-2H3,(H2,22,23,24,25)/t11-,12-/m1/s1. The van der Waals surface area contributed by atoms with Gasteiger partial charge >= 0.3 is 6.01 Å². The first-order chi connectivity index (χ1) is 13.0. The minimum atomic E-state index is -0.510. The molecule has 3 N–H and O–H groups in total. The van der Waals surface area contributed by atoms with Gasteiger partial charge in [0.1, 0.15) is 11.6 Å². The van der Waals surface area contributed by atoms with E-state index < -0.39 is 6.10 Å². The zero-order valence-electron chi connectivity index (χ0n) is 14.8. The third-order valence-corrected chi connectivity index (χ3v) is 4.27. The van der Waals surface area contributed by atoms with Gasteiger partial charge in [0.25, 0.3) is 0 Å². The van der Waals surface area contributed by atoms with Crippen LogP contribution in [0.15, 0.2) is 53.4 Å². The average Bonchev–Trinajstić information content (AvgIpc) is 2.67. The van der Waals surface area contributed by atoms with Crippen molar-refractivity contribution in [2.24, 2.45) is 0 Å². The molecule has 0 aliphatic carbocycles. The van der Waals surface area contributed by atoms with Gasteiger partial charge in [-0.1, -0.05) is 0 Å². The largest absolute Gasteiger partial charge is 0.424 e. The van der Waals surface area contributed by atoms with E-state index in [1.54, 1.807) is 43.7 Å². The van der Waals surface area contributed by atoms with Crippen LogP contribution in [0.25, 0.3) is 0 Å². The highest BCUT2D eigenvalue weighted by Gasteiger charge is 2.12. The number of ether oxygens (including phenoxy) is 1. The average molecular weight is 431 g/mol. The van der Waals surface area contributed by atoms with Crippen molar-refractivity contribution in [1.82, 2.24) is 19.9 Å². The van der Waals surface area contributed by atoms with Crippen molar-refractivity contribution in [2.45, 2.75) is 26.0 Å². The second-order valence-electron chi connectivity index (χ2n) is 5.85. The van der Waals surface area contributed by atoms with Gasteiger partial charge in [0.2, 0.25) is 5.95 Å². The van der Waals surface area contributed by atoms with E-state index in [0.29, 0.717) is 22.0 Å². The molecule has 0 saturated carbocycles. The summed E-state index contributed by atoms with van der Waals surface area (Å²) in [5, 5.41) is 15.9. The Labute approximate surface area is 165 Å². The summed E-state index contributed by atoms with van der Waals surface area (Å²) in [7, 11) is 0. The summed E-state index contributed by atoms with van der Waals surface area (Å²) >= 11 is 3.41. The number of benzene rings is 1. The third-order valence-electron chi connectivity index (χ3n) is 3.69. The first kappa shape index (κ1) is 19.0. The van der Waals surface area contributed by atoms with E-state index in [2.05, 4.69) is 46.5 Å². The molecule has 140 valence electrons. The summed E-state index contributed by atoms with van der Waals surface area (Å²) < 4.78 is 6.28. The van der Waals surface area contributed by atoms with Crippen molar-refractivity contribution >= 4 is 33.4 Å². The van der Waals surface area contributed by atoms with Gasteiger partial charge in [0.15, 0.2) is 0 Å². The summed E-state index contributed by atoms with van der Waals surface area (Å²) in [5.74, 6) is 1.65. The van der Waals surface area contributed by atoms with Crippen LogP contribution in [0, 0.1) is 0 Å². The molecule has 8 nitrogen and oxygen atoms in total. The SMILES string of the molecule is C[C@@H](O)[C@@H](C)Nc1nc(Nc2ccc(Oc3ncccn3)cc2)ncc1Br. The fraction of sp³-hybridized carbons (Fsp3) is 0.222. The van der Waals surface area contributed by atoms with Crippen LogP contribution < -0.4 is 15.4 Å². The highest BCUT2D eigenvalue weighted by Crippen LogP contribution is 2.24. The van der Waals surface area contributed by atoms with Crippen molar-refractivity contribution in [3.8, 4) is 11.8 Å². The first-order valence-corrected chi connectivity index (χ1v) is 9.09. The zero-order chi connectivity index (χ0) is 19.2. The van der Waals surface area contributed by atoms with E-state index >= 15 is 0 Å². The van der Waals surface area contributed by atoms with Gasteiger partial charge in [-0.25, -0.2) is 15.0 Å². The Hall–Kier alpha value is -2.78. The molecule has 2 aromatic heterocycles. The van der Waals surface area contributed by atoms with Crippen LogP contribution in [-0.4, -0.2) is 37.2 Å². The molecule has 0 radical (unpaired) electrons. The summed E-state index contributed by atoms with van der Waals surface area (Å²) in [4.78, 5) is 16.7. The molecule has 0 amide bonds. The van der Waals surface area contributed by atoms with Gasteiger partial charge in [-0.15, -0.1) is 0 Å². The number of hydrogen-bond donors (Lipinski definition) is 3. The molecule has 0 spiro atoms.